The fraction of sp³-hybridized carbons (Fsp3) is 0.391. The standard InChI is InChI=1S/C23H28FN3O3/c1-23(2,3)25-22(28)27(14-16-7-5-10-19(11-16)29-4)15-20-13-21(26-30-20)17-8-6-9-18(24)12-17/h5-12,20H,13-15H2,1-4H3,(H,25,28). The fourth-order valence-electron chi connectivity index (χ4n) is 3.22. The third kappa shape index (κ3) is 5.95. The summed E-state index contributed by atoms with van der Waals surface area (Å²) in [6, 6.07) is 13.7. The Labute approximate surface area is 176 Å². The summed E-state index contributed by atoms with van der Waals surface area (Å²) >= 11 is 0. The monoisotopic (exact) mass is 413 g/mol. The van der Waals surface area contributed by atoms with E-state index in [4.69, 9.17) is 9.57 Å². The largest absolute Gasteiger partial charge is 0.497 e. The van der Waals surface area contributed by atoms with Crippen molar-refractivity contribution in [1.82, 2.24) is 10.2 Å². The van der Waals surface area contributed by atoms with Crippen LogP contribution < -0.4 is 10.1 Å². The highest BCUT2D eigenvalue weighted by Gasteiger charge is 2.28. The molecule has 2 aromatic rings. The molecule has 1 atom stereocenters. The van der Waals surface area contributed by atoms with E-state index in [1.165, 1.54) is 12.1 Å². The van der Waals surface area contributed by atoms with Gasteiger partial charge in [-0.3, -0.25) is 0 Å². The van der Waals surface area contributed by atoms with E-state index in [1.807, 2.05) is 45.0 Å². The first kappa shape index (κ1) is 21.6. The highest BCUT2D eigenvalue weighted by atomic mass is 19.1. The second-order valence-corrected chi connectivity index (χ2v) is 8.39. The van der Waals surface area contributed by atoms with Crippen LogP contribution in [-0.4, -0.2) is 41.9 Å². The molecule has 1 N–H and O–H groups in total. The normalized spacial score (nSPS) is 15.9. The molecule has 1 aliphatic heterocycles. The molecular formula is C23H28FN3O3. The van der Waals surface area contributed by atoms with Gasteiger partial charge in [-0.1, -0.05) is 29.4 Å². The molecule has 7 heteroatoms. The molecule has 0 bridgehead atoms. The second kappa shape index (κ2) is 9.15. The summed E-state index contributed by atoms with van der Waals surface area (Å²) < 4.78 is 18.8. The Morgan fingerprint density at radius 2 is 2.03 bits per heavy atom. The number of benzene rings is 2. The van der Waals surface area contributed by atoms with Crippen molar-refractivity contribution >= 4 is 11.7 Å². The van der Waals surface area contributed by atoms with Crippen LogP contribution in [0.5, 0.6) is 5.75 Å². The van der Waals surface area contributed by atoms with Crippen molar-refractivity contribution in [3.63, 3.8) is 0 Å². The Morgan fingerprint density at radius 3 is 2.73 bits per heavy atom. The van der Waals surface area contributed by atoms with Gasteiger partial charge in [-0.15, -0.1) is 0 Å². The van der Waals surface area contributed by atoms with E-state index in [0.717, 1.165) is 11.3 Å². The number of methoxy groups -OCH3 is 1. The van der Waals surface area contributed by atoms with Crippen LogP contribution in [-0.2, 0) is 11.4 Å². The molecule has 0 aromatic heterocycles. The van der Waals surface area contributed by atoms with Gasteiger partial charge in [0.1, 0.15) is 11.6 Å². The summed E-state index contributed by atoms with van der Waals surface area (Å²) in [5.74, 6) is 0.417. The van der Waals surface area contributed by atoms with Gasteiger partial charge in [-0.05, 0) is 50.6 Å². The molecule has 2 aromatic carbocycles. The molecule has 0 fully saturated rings. The van der Waals surface area contributed by atoms with Gasteiger partial charge in [0.05, 0.1) is 19.4 Å². The highest BCUT2D eigenvalue weighted by Crippen LogP contribution is 2.21. The van der Waals surface area contributed by atoms with Crippen molar-refractivity contribution in [1.29, 1.82) is 0 Å². The molecule has 1 heterocycles. The summed E-state index contributed by atoms with van der Waals surface area (Å²) in [6.07, 6.45) is 0.195. The number of rotatable bonds is 6. The first-order valence-electron chi connectivity index (χ1n) is 9.92. The number of carbonyl (C=O) groups excluding carboxylic acids is 1. The van der Waals surface area contributed by atoms with Crippen LogP contribution in [0.25, 0.3) is 0 Å². The maximum Gasteiger partial charge on any atom is 0.318 e. The Morgan fingerprint density at radius 1 is 1.27 bits per heavy atom. The van der Waals surface area contributed by atoms with Crippen LogP contribution in [0.1, 0.15) is 38.3 Å². The Balaban J connectivity index is 1.71. The van der Waals surface area contributed by atoms with Crippen molar-refractivity contribution in [3.05, 3.63) is 65.5 Å². The minimum Gasteiger partial charge on any atom is -0.497 e. The molecule has 160 valence electrons. The summed E-state index contributed by atoms with van der Waals surface area (Å²) in [4.78, 5) is 20.2. The number of carbonyl (C=O) groups is 1. The number of nitrogens with one attached hydrogen (secondary N) is 1. The number of nitrogens with zero attached hydrogens (tertiary/aromatic N) is 2. The molecule has 0 saturated carbocycles. The van der Waals surface area contributed by atoms with Gasteiger partial charge in [0.2, 0.25) is 0 Å². The first-order valence-corrected chi connectivity index (χ1v) is 9.92. The third-order valence-electron chi connectivity index (χ3n) is 4.59. The summed E-state index contributed by atoms with van der Waals surface area (Å²) in [5, 5.41) is 7.13. The number of urea groups is 1. The third-order valence-corrected chi connectivity index (χ3v) is 4.59. The van der Waals surface area contributed by atoms with E-state index in [1.54, 1.807) is 24.1 Å². The molecule has 6 nitrogen and oxygen atoms in total. The molecule has 2 amide bonds. The van der Waals surface area contributed by atoms with Crippen LogP contribution in [0.15, 0.2) is 53.7 Å². The van der Waals surface area contributed by atoms with E-state index >= 15 is 0 Å². The zero-order valence-corrected chi connectivity index (χ0v) is 17.8. The maximum absolute atomic E-state index is 13.5. The molecule has 3 rings (SSSR count). The van der Waals surface area contributed by atoms with Gasteiger partial charge in [-0.2, -0.15) is 0 Å². The van der Waals surface area contributed by atoms with Crippen molar-refractivity contribution < 1.29 is 18.8 Å². The molecule has 0 radical (unpaired) electrons. The smallest absolute Gasteiger partial charge is 0.318 e. The Kier molecular flexibility index (Phi) is 6.59. The first-order chi connectivity index (χ1) is 14.2. The maximum atomic E-state index is 13.5. The van der Waals surface area contributed by atoms with Crippen molar-refractivity contribution in [2.24, 2.45) is 5.16 Å². The molecule has 0 spiro atoms. The minimum absolute atomic E-state index is 0.187. The number of halogens is 1. The van der Waals surface area contributed by atoms with Gasteiger partial charge in [0.25, 0.3) is 0 Å². The van der Waals surface area contributed by atoms with Gasteiger partial charge in [0.15, 0.2) is 6.10 Å². The van der Waals surface area contributed by atoms with Crippen molar-refractivity contribution in [2.45, 2.75) is 45.4 Å². The predicted molar refractivity (Wildman–Crippen MR) is 114 cm³/mol. The number of ether oxygens (including phenoxy) is 1. The van der Waals surface area contributed by atoms with E-state index in [9.17, 15) is 9.18 Å². The molecule has 1 unspecified atom stereocenters. The highest BCUT2D eigenvalue weighted by molar-refractivity contribution is 6.01. The molecular weight excluding hydrogens is 385 g/mol. The topological polar surface area (TPSA) is 63.2 Å². The number of amides is 2. The zero-order chi connectivity index (χ0) is 21.7. The zero-order valence-electron chi connectivity index (χ0n) is 17.8. The second-order valence-electron chi connectivity index (χ2n) is 8.39. The van der Waals surface area contributed by atoms with Crippen molar-refractivity contribution in [3.8, 4) is 5.75 Å². The minimum atomic E-state index is -0.372. The summed E-state index contributed by atoms with van der Waals surface area (Å²) in [5.41, 5.74) is 1.94. The lowest BCUT2D eigenvalue weighted by Crippen LogP contribution is -2.50. The lowest BCUT2D eigenvalue weighted by atomic mass is 10.0. The quantitative estimate of drug-likeness (QED) is 0.766. The molecule has 1 aliphatic rings. The number of hydrogen-bond acceptors (Lipinski definition) is 4. The SMILES string of the molecule is COc1cccc(CN(CC2CC(c3cccc(F)c3)=NO2)C(=O)NC(C)(C)C)c1. The van der Waals surface area contributed by atoms with Gasteiger partial charge >= 0.3 is 6.03 Å². The van der Waals surface area contributed by atoms with E-state index in [-0.39, 0.29) is 23.5 Å². The summed E-state index contributed by atoms with van der Waals surface area (Å²) in [6.45, 7) is 6.55. The van der Waals surface area contributed by atoms with Gasteiger partial charge in [0, 0.05) is 24.1 Å². The van der Waals surface area contributed by atoms with Crippen LogP contribution in [0, 0.1) is 5.82 Å². The average Bonchev–Trinajstić information content (AvgIpc) is 3.15. The average molecular weight is 413 g/mol. The number of hydrogen-bond donors (Lipinski definition) is 1. The Bertz CT molecular complexity index is 924. The molecule has 0 saturated heterocycles. The van der Waals surface area contributed by atoms with Gasteiger partial charge in [-0.25, -0.2) is 9.18 Å². The lowest BCUT2D eigenvalue weighted by Gasteiger charge is -2.29. The van der Waals surface area contributed by atoms with Crippen molar-refractivity contribution in [2.75, 3.05) is 13.7 Å². The van der Waals surface area contributed by atoms with Crippen LogP contribution >= 0.6 is 0 Å². The molecule has 0 aliphatic carbocycles. The van der Waals surface area contributed by atoms with Crippen LogP contribution in [0.3, 0.4) is 0 Å². The predicted octanol–water partition coefficient (Wildman–Crippen LogP) is 4.34. The fourth-order valence-corrected chi connectivity index (χ4v) is 3.22. The molecule has 30 heavy (non-hydrogen) atoms. The van der Waals surface area contributed by atoms with Crippen LogP contribution in [0.4, 0.5) is 9.18 Å². The van der Waals surface area contributed by atoms with E-state index in [0.29, 0.717) is 30.8 Å². The lowest BCUT2D eigenvalue weighted by molar-refractivity contribution is 0.0580. The number of oxime groups is 1. The van der Waals surface area contributed by atoms with Crippen LogP contribution in [0.2, 0.25) is 0 Å². The Hall–Kier alpha value is -3.09. The van der Waals surface area contributed by atoms with E-state index in [2.05, 4.69) is 10.5 Å². The van der Waals surface area contributed by atoms with Gasteiger partial charge < -0.3 is 19.8 Å². The summed E-state index contributed by atoms with van der Waals surface area (Å²) in [7, 11) is 1.61. The van der Waals surface area contributed by atoms with E-state index < -0.39 is 0 Å².